The van der Waals surface area contributed by atoms with Gasteiger partial charge in [-0.05, 0) is 75.1 Å². The third kappa shape index (κ3) is 6.52. The summed E-state index contributed by atoms with van der Waals surface area (Å²) in [6.45, 7) is 6.93. The lowest BCUT2D eigenvalue weighted by atomic mass is 9.69. The first-order valence-electron chi connectivity index (χ1n) is 13.6. The van der Waals surface area contributed by atoms with E-state index in [1.54, 1.807) is 12.1 Å². The number of ether oxygens (including phenoxy) is 4. The molecule has 1 saturated carbocycles. The maximum absolute atomic E-state index is 12.0. The first-order chi connectivity index (χ1) is 19.2. The maximum Gasteiger partial charge on any atom is 0.407 e. The molecular weight excluding hydrogens is 508 g/mol. The van der Waals surface area contributed by atoms with Crippen LogP contribution >= 0.6 is 0 Å². The molecule has 1 saturated heterocycles. The number of nitriles is 1. The lowest BCUT2D eigenvalue weighted by Crippen LogP contribution is -2.50. The minimum Gasteiger partial charge on any atom is -0.490 e. The predicted molar refractivity (Wildman–Crippen MR) is 147 cm³/mol. The molecule has 0 spiro atoms. The van der Waals surface area contributed by atoms with E-state index in [9.17, 15) is 4.79 Å². The van der Waals surface area contributed by atoms with Crippen LogP contribution in [-0.4, -0.2) is 47.3 Å². The van der Waals surface area contributed by atoms with Crippen molar-refractivity contribution in [2.45, 2.75) is 69.6 Å². The SMILES string of the molecule is CC(C)(C)OC(=O)NC1CC(Oc2ccc(C3(c4ccc(Oc5ccc(C#N)nn5)cc4)CCOCC3)cc2)C1. The fourth-order valence-electron chi connectivity index (χ4n) is 5.16. The zero-order valence-corrected chi connectivity index (χ0v) is 23.1. The van der Waals surface area contributed by atoms with Crippen molar-refractivity contribution < 1.29 is 23.7 Å². The van der Waals surface area contributed by atoms with Gasteiger partial charge in [-0.25, -0.2) is 4.79 Å². The number of aromatic nitrogens is 2. The molecule has 9 nitrogen and oxygen atoms in total. The Bertz CT molecular complexity index is 1330. The fraction of sp³-hybridized carbons (Fsp3) is 0.419. The van der Waals surface area contributed by atoms with E-state index in [-0.39, 0.29) is 29.3 Å². The molecule has 1 aliphatic carbocycles. The summed E-state index contributed by atoms with van der Waals surface area (Å²) in [7, 11) is 0. The number of hydrogen-bond donors (Lipinski definition) is 1. The molecule has 5 rings (SSSR count). The van der Waals surface area contributed by atoms with Gasteiger partial charge in [0.2, 0.25) is 5.88 Å². The van der Waals surface area contributed by atoms with Gasteiger partial charge in [0.1, 0.15) is 29.3 Å². The second-order valence-electron chi connectivity index (χ2n) is 11.3. The van der Waals surface area contributed by atoms with Gasteiger partial charge in [0.25, 0.3) is 0 Å². The molecule has 2 heterocycles. The largest absolute Gasteiger partial charge is 0.490 e. The number of alkyl carbamates (subject to hydrolysis) is 1. The minimum absolute atomic E-state index is 0.0659. The summed E-state index contributed by atoms with van der Waals surface area (Å²) in [5.41, 5.74) is 1.96. The van der Waals surface area contributed by atoms with Crippen molar-refractivity contribution in [1.82, 2.24) is 15.5 Å². The lowest BCUT2D eigenvalue weighted by Gasteiger charge is -2.39. The average Bonchev–Trinajstić information content (AvgIpc) is 2.92. The number of nitrogens with one attached hydrogen (secondary N) is 1. The van der Waals surface area contributed by atoms with Gasteiger partial charge in [-0.15, -0.1) is 10.2 Å². The van der Waals surface area contributed by atoms with Gasteiger partial charge in [-0.1, -0.05) is 24.3 Å². The van der Waals surface area contributed by atoms with E-state index in [1.807, 2.05) is 51.1 Å². The van der Waals surface area contributed by atoms with Crippen LogP contribution in [-0.2, 0) is 14.9 Å². The molecule has 0 bridgehead atoms. The zero-order valence-electron chi connectivity index (χ0n) is 23.1. The molecule has 2 aliphatic rings. The van der Waals surface area contributed by atoms with E-state index < -0.39 is 5.60 Å². The second-order valence-corrected chi connectivity index (χ2v) is 11.3. The molecule has 9 heteroatoms. The van der Waals surface area contributed by atoms with Crippen LogP contribution in [0.1, 0.15) is 63.3 Å². The zero-order chi connectivity index (χ0) is 28.2. The molecular formula is C31H34N4O5. The van der Waals surface area contributed by atoms with Crippen LogP contribution in [0.5, 0.6) is 17.4 Å². The van der Waals surface area contributed by atoms with Crippen molar-refractivity contribution >= 4 is 6.09 Å². The highest BCUT2D eigenvalue weighted by Crippen LogP contribution is 2.42. The highest BCUT2D eigenvalue weighted by molar-refractivity contribution is 5.68. The molecule has 1 amide bonds. The van der Waals surface area contributed by atoms with Gasteiger partial charge in [0.15, 0.2) is 5.69 Å². The Morgan fingerprint density at radius 2 is 1.57 bits per heavy atom. The van der Waals surface area contributed by atoms with E-state index in [0.29, 0.717) is 24.8 Å². The Hall–Kier alpha value is -4.16. The smallest absolute Gasteiger partial charge is 0.407 e. The molecule has 0 unspecified atom stereocenters. The summed E-state index contributed by atoms with van der Waals surface area (Å²) in [6, 6.07) is 21.6. The predicted octanol–water partition coefficient (Wildman–Crippen LogP) is 5.67. The van der Waals surface area contributed by atoms with Gasteiger partial charge >= 0.3 is 6.09 Å². The van der Waals surface area contributed by atoms with Crippen molar-refractivity contribution in [3.63, 3.8) is 0 Å². The molecule has 1 N–H and O–H groups in total. The van der Waals surface area contributed by atoms with E-state index in [2.05, 4.69) is 39.8 Å². The third-order valence-electron chi connectivity index (χ3n) is 7.26. The van der Waals surface area contributed by atoms with Crippen LogP contribution in [0, 0.1) is 11.3 Å². The third-order valence-corrected chi connectivity index (χ3v) is 7.26. The van der Waals surface area contributed by atoms with Crippen LogP contribution in [0.3, 0.4) is 0 Å². The van der Waals surface area contributed by atoms with Gasteiger partial charge in [0, 0.05) is 43.6 Å². The van der Waals surface area contributed by atoms with Gasteiger partial charge in [0.05, 0.1) is 0 Å². The molecule has 2 fully saturated rings. The van der Waals surface area contributed by atoms with Crippen molar-refractivity contribution in [2.75, 3.05) is 13.2 Å². The summed E-state index contributed by atoms with van der Waals surface area (Å²) in [6.07, 6.45) is 2.93. The minimum atomic E-state index is -0.509. The van der Waals surface area contributed by atoms with Gasteiger partial charge in [-0.3, -0.25) is 0 Å². The maximum atomic E-state index is 12.0. The lowest BCUT2D eigenvalue weighted by molar-refractivity contribution is 0.0362. The Morgan fingerprint density at radius 3 is 2.12 bits per heavy atom. The quantitative estimate of drug-likeness (QED) is 0.406. The van der Waals surface area contributed by atoms with Crippen molar-refractivity contribution in [3.05, 3.63) is 77.5 Å². The second kappa shape index (κ2) is 11.5. The van der Waals surface area contributed by atoms with Gasteiger partial charge in [-0.2, -0.15) is 5.26 Å². The molecule has 1 aromatic heterocycles. The molecule has 0 radical (unpaired) electrons. The number of carbonyl (C=O) groups is 1. The highest BCUT2D eigenvalue weighted by Gasteiger charge is 2.37. The van der Waals surface area contributed by atoms with E-state index in [1.165, 1.54) is 11.1 Å². The Labute approximate surface area is 234 Å². The van der Waals surface area contributed by atoms with E-state index >= 15 is 0 Å². The van der Waals surface area contributed by atoms with Crippen LogP contribution in [0.15, 0.2) is 60.7 Å². The average molecular weight is 543 g/mol. The van der Waals surface area contributed by atoms with Crippen molar-refractivity contribution in [3.8, 4) is 23.4 Å². The number of carbonyl (C=O) groups excluding carboxylic acids is 1. The molecule has 2 aromatic carbocycles. The first kappa shape index (κ1) is 27.4. The number of nitrogens with zero attached hydrogens (tertiary/aromatic N) is 3. The number of benzene rings is 2. The van der Waals surface area contributed by atoms with Crippen LogP contribution < -0.4 is 14.8 Å². The number of hydrogen-bond acceptors (Lipinski definition) is 8. The molecule has 3 aromatic rings. The van der Waals surface area contributed by atoms with Crippen molar-refractivity contribution in [2.24, 2.45) is 0 Å². The topological polar surface area (TPSA) is 116 Å². The summed E-state index contributed by atoms with van der Waals surface area (Å²) >= 11 is 0. The Morgan fingerprint density at radius 1 is 0.950 bits per heavy atom. The number of rotatable bonds is 7. The Balaban J connectivity index is 1.22. The summed E-state index contributed by atoms with van der Waals surface area (Å²) in [4.78, 5) is 12.0. The van der Waals surface area contributed by atoms with E-state index in [0.717, 1.165) is 31.4 Å². The van der Waals surface area contributed by atoms with Crippen molar-refractivity contribution in [1.29, 1.82) is 5.26 Å². The first-order valence-corrected chi connectivity index (χ1v) is 13.6. The summed E-state index contributed by atoms with van der Waals surface area (Å²) < 4.78 is 23.1. The molecule has 0 atom stereocenters. The van der Waals surface area contributed by atoms with Crippen LogP contribution in [0.4, 0.5) is 4.79 Å². The Kier molecular flexibility index (Phi) is 7.90. The summed E-state index contributed by atoms with van der Waals surface area (Å²) in [5, 5.41) is 19.6. The van der Waals surface area contributed by atoms with Crippen LogP contribution in [0.2, 0.25) is 0 Å². The normalized spacial score (nSPS) is 19.9. The molecule has 1 aliphatic heterocycles. The molecule has 40 heavy (non-hydrogen) atoms. The van der Waals surface area contributed by atoms with E-state index in [4.69, 9.17) is 24.2 Å². The monoisotopic (exact) mass is 542 g/mol. The summed E-state index contributed by atoms with van der Waals surface area (Å²) in [5.74, 6) is 1.80. The standard InChI is InChI=1S/C31H34N4O5/c1-30(2,3)40-29(36)33-24-18-27(19-24)38-25-9-4-21(5-10-25)31(14-16-37-17-15-31)22-6-11-26(12-7-22)39-28-13-8-23(20-32)34-35-28/h4-13,24,27H,14-19H2,1-3H3,(H,33,36). The fourth-order valence-corrected chi connectivity index (χ4v) is 5.16. The molecule has 208 valence electrons. The van der Waals surface area contributed by atoms with Crippen LogP contribution in [0.25, 0.3) is 0 Å². The number of amides is 1. The highest BCUT2D eigenvalue weighted by atomic mass is 16.6. The van der Waals surface area contributed by atoms with Gasteiger partial charge < -0.3 is 24.3 Å².